The molecular formula is C22H32OSi2. The first kappa shape index (κ1) is 19.9. The van der Waals surface area contributed by atoms with Crippen LogP contribution in [0.25, 0.3) is 5.57 Å². The summed E-state index contributed by atoms with van der Waals surface area (Å²) in [6, 6.07) is 20.1. The van der Waals surface area contributed by atoms with Crippen molar-refractivity contribution >= 4 is 33.1 Å². The second-order valence-electron chi connectivity index (χ2n) is 6.97. The van der Waals surface area contributed by atoms with E-state index in [2.05, 4.69) is 89.0 Å². The Kier molecular flexibility index (Phi) is 6.99. The summed E-state index contributed by atoms with van der Waals surface area (Å²) in [4.78, 5) is 0. The minimum absolute atomic E-state index is 0.743. The van der Waals surface area contributed by atoms with E-state index in [0.29, 0.717) is 0 Å². The van der Waals surface area contributed by atoms with Crippen molar-refractivity contribution in [1.82, 2.24) is 0 Å². The standard InChI is InChI=1S/C22H32OSi2/c1-7-23-25(8-2,9-3)22-12-10-11-20(17-22)18(4)19-13-15-21(16-14-19)24(5)6/h10-17,24H,4,7-9H2,1-3,5-6H3. The van der Waals surface area contributed by atoms with Gasteiger partial charge in [0.15, 0.2) is 0 Å². The molecular weight excluding hydrogens is 336 g/mol. The van der Waals surface area contributed by atoms with E-state index < -0.39 is 17.1 Å². The van der Waals surface area contributed by atoms with E-state index in [0.717, 1.165) is 24.3 Å². The number of hydrogen-bond donors (Lipinski definition) is 0. The maximum Gasteiger partial charge on any atom is 0.223 e. The zero-order valence-corrected chi connectivity index (χ0v) is 18.6. The van der Waals surface area contributed by atoms with Gasteiger partial charge in [-0.2, -0.15) is 0 Å². The van der Waals surface area contributed by atoms with Crippen LogP contribution in [0.3, 0.4) is 0 Å². The van der Waals surface area contributed by atoms with Crippen molar-refractivity contribution in [2.45, 2.75) is 46.0 Å². The fourth-order valence-electron chi connectivity index (χ4n) is 3.45. The normalized spacial score (nSPS) is 11.8. The molecule has 0 aliphatic heterocycles. The highest BCUT2D eigenvalue weighted by Crippen LogP contribution is 2.23. The van der Waals surface area contributed by atoms with Crippen LogP contribution in [-0.2, 0) is 4.43 Å². The lowest BCUT2D eigenvalue weighted by Crippen LogP contribution is -2.49. The molecule has 0 saturated carbocycles. The monoisotopic (exact) mass is 368 g/mol. The van der Waals surface area contributed by atoms with E-state index in [1.54, 1.807) is 0 Å². The minimum Gasteiger partial charge on any atom is -0.413 e. The molecule has 0 amide bonds. The Labute approximate surface area is 156 Å². The van der Waals surface area contributed by atoms with Crippen LogP contribution in [0.4, 0.5) is 0 Å². The van der Waals surface area contributed by atoms with E-state index in [1.807, 2.05) is 0 Å². The zero-order chi connectivity index (χ0) is 18.4. The third kappa shape index (κ3) is 4.41. The molecule has 2 aromatic carbocycles. The van der Waals surface area contributed by atoms with Crippen molar-refractivity contribution in [3.05, 3.63) is 66.2 Å². The van der Waals surface area contributed by atoms with Crippen LogP contribution in [0.15, 0.2) is 55.1 Å². The Hall–Kier alpha value is -1.43. The average Bonchev–Trinajstić information content (AvgIpc) is 2.66. The van der Waals surface area contributed by atoms with Gasteiger partial charge >= 0.3 is 0 Å². The summed E-state index contributed by atoms with van der Waals surface area (Å²) in [5.41, 5.74) is 3.53. The molecule has 2 aromatic rings. The van der Waals surface area contributed by atoms with Crippen LogP contribution >= 0.6 is 0 Å². The second-order valence-corrected chi connectivity index (χ2v) is 14.2. The van der Waals surface area contributed by atoms with Crippen LogP contribution < -0.4 is 10.4 Å². The van der Waals surface area contributed by atoms with E-state index in [9.17, 15) is 0 Å². The molecule has 0 atom stereocenters. The molecule has 0 unspecified atom stereocenters. The second kappa shape index (κ2) is 8.79. The maximum absolute atomic E-state index is 6.31. The van der Waals surface area contributed by atoms with Gasteiger partial charge in [-0.3, -0.25) is 0 Å². The third-order valence-corrected chi connectivity index (χ3v) is 11.4. The largest absolute Gasteiger partial charge is 0.413 e. The summed E-state index contributed by atoms with van der Waals surface area (Å²) >= 11 is 0. The van der Waals surface area contributed by atoms with E-state index >= 15 is 0 Å². The highest BCUT2D eigenvalue weighted by molar-refractivity contribution is 6.86. The van der Waals surface area contributed by atoms with Gasteiger partial charge < -0.3 is 4.43 Å². The Morgan fingerprint density at radius 1 is 0.960 bits per heavy atom. The predicted molar refractivity (Wildman–Crippen MR) is 118 cm³/mol. The fourth-order valence-corrected chi connectivity index (χ4v) is 7.67. The van der Waals surface area contributed by atoms with E-state index in [1.165, 1.54) is 21.5 Å². The molecule has 0 spiro atoms. The van der Waals surface area contributed by atoms with Gasteiger partial charge in [-0.15, -0.1) is 0 Å². The molecule has 3 heteroatoms. The van der Waals surface area contributed by atoms with E-state index in [-0.39, 0.29) is 0 Å². The molecule has 0 aromatic heterocycles. The number of hydrogen-bond acceptors (Lipinski definition) is 1. The van der Waals surface area contributed by atoms with Crippen molar-refractivity contribution < 1.29 is 4.43 Å². The minimum atomic E-state index is -1.86. The first-order chi connectivity index (χ1) is 12.0. The van der Waals surface area contributed by atoms with Gasteiger partial charge in [-0.1, -0.05) is 87.2 Å². The molecule has 0 heterocycles. The Bertz CT molecular complexity index is 700. The molecule has 25 heavy (non-hydrogen) atoms. The van der Waals surface area contributed by atoms with Crippen LogP contribution in [0.1, 0.15) is 31.9 Å². The highest BCUT2D eigenvalue weighted by atomic mass is 28.4. The Balaban J connectivity index is 2.35. The maximum atomic E-state index is 6.31. The van der Waals surface area contributed by atoms with Crippen molar-refractivity contribution in [3.63, 3.8) is 0 Å². The van der Waals surface area contributed by atoms with Crippen molar-refractivity contribution in [3.8, 4) is 0 Å². The fraction of sp³-hybridized carbons (Fsp3) is 0.364. The lowest BCUT2D eigenvalue weighted by Gasteiger charge is -2.29. The van der Waals surface area contributed by atoms with Gasteiger partial charge in [0.25, 0.3) is 0 Å². The van der Waals surface area contributed by atoms with Crippen molar-refractivity contribution in [2.75, 3.05) is 6.61 Å². The molecule has 0 aliphatic carbocycles. The molecule has 0 fully saturated rings. The summed E-state index contributed by atoms with van der Waals surface area (Å²) in [5, 5.41) is 2.90. The number of rotatable bonds is 8. The molecule has 2 rings (SSSR count). The summed E-state index contributed by atoms with van der Waals surface area (Å²) in [7, 11) is -2.60. The van der Waals surface area contributed by atoms with E-state index in [4.69, 9.17) is 4.43 Å². The molecule has 0 N–H and O–H groups in total. The quantitative estimate of drug-likeness (QED) is 0.615. The Morgan fingerprint density at radius 3 is 2.12 bits per heavy atom. The van der Waals surface area contributed by atoms with Gasteiger partial charge in [-0.25, -0.2) is 0 Å². The SMILES string of the molecule is C=C(c1ccc([SiH](C)C)cc1)c1cccc([Si](CC)(CC)OCC)c1. The van der Waals surface area contributed by atoms with Gasteiger partial charge in [-0.05, 0) is 40.9 Å². The van der Waals surface area contributed by atoms with Gasteiger partial charge in [0.05, 0.1) is 8.80 Å². The lowest BCUT2D eigenvalue weighted by molar-refractivity contribution is 0.330. The smallest absolute Gasteiger partial charge is 0.223 e. The molecule has 1 nitrogen and oxygen atoms in total. The molecule has 0 radical (unpaired) electrons. The van der Waals surface area contributed by atoms with Gasteiger partial charge in [0.2, 0.25) is 8.32 Å². The molecule has 0 bridgehead atoms. The molecule has 134 valence electrons. The van der Waals surface area contributed by atoms with Crippen LogP contribution in [0, 0.1) is 0 Å². The van der Waals surface area contributed by atoms with Crippen LogP contribution in [-0.4, -0.2) is 23.7 Å². The van der Waals surface area contributed by atoms with Crippen molar-refractivity contribution in [2.24, 2.45) is 0 Å². The zero-order valence-electron chi connectivity index (χ0n) is 16.4. The lowest BCUT2D eigenvalue weighted by atomic mass is 10.00. The summed E-state index contributed by atoms with van der Waals surface area (Å²) in [5.74, 6) is 0. The first-order valence-electron chi connectivity index (χ1n) is 9.51. The summed E-state index contributed by atoms with van der Waals surface area (Å²) < 4.78 is 6.31. The van der Waals surface area contributed by atoms with Crippen molar-refractivity contribution in [1.29, 1.82) is 0 Å². The summed E-state index contributed by atoms with van der Waals surface area (Å²) in [6.45, 7) is 16.5. The average molecular weight is 369 g/mol. The third-order valence-electron chi connectivity index (χ3n) is 5.23. The summed E-state index contributed by atoms with van der Waals surface area (Å²) in [6.07, 6.45) is 0. The highest BCUT2D eigenvalue weighted by Gasteiger charge is 2.33. The molecule has 0 saturated heterocycles. The topological polar surface area (TPSA) is 9.23 Å². The van der Waals surface area contributed by atoms with Crippen LogP contribution in [0.2, 0.25) is 25.2 Å². The van der Waals surface area contributed by atoms with Crippen LogP contribution in [0.5, 0.6) is 0 Å². The van der Waals surface area contributed by atoms with Gasteiger partial charge in [0.1, 0.15) is 0 Å². The first-order valence-corrected chi connectivity index (χ1v) is 14.7. The Morgan fingerprint density at radius 2 is 1.60 bits per heavy atom. The molecule has 0 aliphatic rings. The van der Waals surface area contributed by atoms with Gasteiger partial charge in [0, 0.05) is 6.61 Å². The predicted octanol–water partition coefficient (Wildman–Crippen LogP) is 4.67. The number of benzene rings is 2.